The number of hydrogen-bond donors (Lipinski definition) is 2. The first-order valence-electron chi connectivity index (χ1n) is 7.96. The average molecular weight is 364 g/mol. The molecule has 26 heavy (non-hydrogen) atoms. The molecule has 0 saturated heterocycles. The molecule has 0 spiro atoms. The summed E-state index contributed by atoms with van der Waals surface area (Å²) in [5.41, 5.74) is -0.340. The van der Waals surface area contributed by atoms with Gasteiger partial charge < -0.3 is 9.88 Å². The Morgan fingerprint density at radius 1 is 1.38 bits per heavy atom. The maximum Gasteiger partial charge on any atom is 0.416 e. The van der Waals surface area contributed by atoms with Crippen LogP contribution in [0, 0.1) is 5.41 Å². The van der Waals surface area contributed by atoms with E-state index in [1.54, 1.807) is 19.4 Å². The van der Waals surface area contributed by atoms with Crippen LogP contribution in [0.1, 0.15) is 24.5 Å². The van der Waals surface area contributed by atoms with Crippen molar-refractivity contribution >= 4 is 17.2 Å². The van der Waals surface area contributed by atoms with Gasteiger partial charge in [0.15, 0.2) is 0 Å². The van der Waals surface area contributed by atoms with Crippen LogP contribution >= 0.6 is 0 Å². The second kappa shape index (κ2) is 8.46. The van der Waals surface area contributed by atoms with Crippen molar-refractivity contribution in [3.8, 4) is 0 Å². The highest BCUT2D eigenvalue weighted by molar-refractivity contribution is 6.43. The molecule has 2 aromatic rings. The van der Waals surface area contributed by atoms with Crippen molar-refractivity contribution in [1.29, 1.82) is 5.41 Å². The molecule has 1 aromatic heterocycles. The Hall–Kier alpha value is -2.90. The van der Waals surface area contributed by atoms with Gasteiger partial charge >= 0.3 is 6.18 Å². The van der Waals surface area contributed by atoms with Crippen LogP contribution in [0.5, 0.6) is 0 Å². The monoisotopic (exact) mass is 364 g/mol. The zero-order valence-electron chi connectivity index (χ0n) is 14.2. The molecule has 1 heterocycles. The Bertz CT molecular complexity index is 795. The molecular weight excluding hydrogens is 345 g/mol. The number of hydrogen-bond acceptors (Lipinski definition) is 3. The fourth-order valence-electron chi connectivity index (χ4n) is 2.28. The number of carbonyl (C=O) groups is 1. The van der Waals surface area contributed by atoms with Gasteiger partial charge in [0.05, 0.1) is 11.9 Å². The lowest BCUT2D eigenvalue weighted by atomic mass is 10.0. The minimum atomic E-state index is -4.43. The Morgan fingerprint density at radius 2 is 2.15 bits per heavy atom. The van der Waals surface area contributed by atoms with Crippen LogP contribution in [0.4, 0.5) is 13.2 Å². The normalized spacial score (nSPS) is 12.1. The molecule has 0 saturated carbocycles. The number of halogens is 3. The summed E-state index contributed by atoms with van der Waals surface area (Å²) in [6.07, 6.45) is 2.65. The highest BCUT2D eigenvalue weighted by atomic mass is 19.4. The molecule has 0 aliphatic carbocycles. The fourth-order valence-corrected chi connectivity index (χ4v) is 2.28. The third kappa shape index (κ3) is 5.58. The molecule has 2 rings (SSSR count). The average Bonchev–Trinajstić information content (AvgIpc) is 3.11. The first kappa shape index (κ1) is 19.4. The predicted molar refractivity (Wildman–Crippen MR) is 92.7 cm³/mol. The quantitative estimate of drug-likeness (QED) is 0.583. The van der Waals surface area contributed by atoms with Crippen molar-refractivity contribution in [2.45, 2.75) is 26.1 Å². The maximum absolute atomic E-state index is 12.8. The van der Waals surface area contributed by atoms with E-state index in [1.165, 1.54) is 18.2 Å². The van der Waals surface area contributed by atoms with E-state index < -0.39 is 17.6 Å². The number of benzene rings is 1. The first-order chi connectivity index (χ1) is 12.3. The second-order valence-corrected chi connectivity index (χ2v) is 5.73. The van der Waals surface area contributed by atoms with E-state index in [-0.39, 0.29) is 5.71 Å². The Morgan fingerprint density at radius 3 is 2.81 bits per heavy atom. The molecule has 0 radical (unpaired) electrons. The first-order valence-corrected chi connectivity index (χ1v) is 7.96. The van der Waals surface area contributed by atoms with Gasteiger partial charge in [0, 0.05) is 25.5 Å². The molecule has 138 valence electrons. The summed E-state index contributed by atoms with van der Waals surface area (Å²) in [4.78, 5) is 15.8. The van der Waals surface area contributed by atoms with Crippen molar-refractivity contribution in [3.63, 3.8) is 0 Å². The van der Waals surface area contributed by atoms with Gasteiger partial charge in [-0.1, -0.05) is 12.1 Å². The van der Waals surface area contributed by atoms with Crippen molar-refractivity contribution in [2.24, 2.45) is 0 Å². The van der Waals surface area contributed by atoms with E-state index in [2.05, 4.69) is 10.3 Å². The number of allylic oxidation sites excluding steroid dienone is 1. The number of nitrogens with one attached hydrogen (secondary N) is 2. The molecule has 0 aliphatic heterocycles. The molecular formula is C18H19F3N4O. The maximum atomic E-state index is 12.8. The van der Waals surface area contributed by atoms with Crippen molar-refractivity contribution in [1.82, 2.24) is 14.9 Å². The topological polar surface area (TPSA) is 70.8 Å². The SMILES string of the molecule is C/C(=C\C(=N)C(=O)NCCCn1ccnc1)c1cccc(C(F)(F)F)c1. The van der Waals surface area contributed by atoms with Crippen molar-refractivity contribution < 1.29 is 18.0 Å². The Balaban J connectivity index is 1.91. The van der Waals surface area contributed by atoms with Gasteiger partial charge in [0.25, 0.3) is 5.91 Å². The smallest absolute Gasteiger partial charge is 0.351 e. The van der Waals surface area contributed by atoms with E-state index in [0.29, 0.717) is 30.6 Å². The van der Waals surface area contributed by atoms with E-state index in [1.807, 2.05) is 10.8 Å². The highest BCUT2D eigenvalue weighted by Gasteiger charge is 2.30. The molecule has 0 atom stereocenters. The largest absolute Gasteiger partial charge is 0.416 e. The number of carbonyl (C=O) groups excluding carboxylic acids is 1. The van der Waals surface area contributed by atoms with Gasteiger partial charge in [0.1, 0.15) is 5.71 Å². The van der Waals surface area contributed by atoms with E-state index in [9.17, 15) is 18.0 Å². The molecule has 5 nitrogen and oxygen atoms in total. The van der Waals surface area contributed by atoms with Gasteiger partial charge in [-0.2, -0.15) is 13.2 Å². The summed E-state index contributed by atoms with van der Waals surface area (Å²) in [7, 11) is 0. The third-order valence-corrected chi connectivity index (χ3v) is 3.69. The molecule has 1 amide bonds. The molecule has 1 aromatic carbocycles. The number of rotatable bonds is 7. The molecule has 0 unspecified atom stereocenters. The van der Waals surface area contributed by atoms with Crippen LogP contribution in [0.25, 0.3) is 5.57 Å². The second-order valence-electron chi connectivity index (χ2n) is 5.73. The summed E-state index contributed by atoms with van der Waals surface area (Å²) in [5.74, 6) is -0.568. The number of aromatic nitrogens is 2. The van der Waals surface area contributed by atoms with Crippen LogP contribution < -0.4 is 5.32 Å². The lowest BCUT2D eigenvalue weighted by Crippen LogP contribution is -2.30. The number of amides is 1. The Kier molecular flexibility index (Phi) is 6.32. The summed E-state index contributed by atoms with van der Waals surface area (Å²) in [6.45, 7) is 2.64. The van der Waals surface area contributed by atoms with Gasteiger partial charge in [-0.3, -0.25) is 10.2 Å². The summed E-state index contributed by atoms with van der Waals surface area (Å²) >= 11 is 0. The van der Waals surface area contributed by atoms with Crippen molar-refractivity contribution in [3.05, 3.63) is 60.2 Å². The lowest BCUT2D eigenvalue weighted by Gasteiger charge is -2.09. The third-order valence-electron chi connectivity index (χ3n) is 3.69. The molecule has 2 N–H and O–H groups in total. The van der Waals surface area contributed by atoms with E-state index in [4.69, 9.17) is 5.41 Å². The van der Waals surface area contributed by atoms with E-state index in [0.717, 1.165) is 12.1 Å². The standard InChI is InChI=1S/C18H19F3N4O/c1-13(14-4-2-5-15(11-14)18(19,20)21)10-16(22)17(26)24-6-3-8-25-9-7-23-12-25/h2,4-5,7,9-12,22H,3,6,8H2,1H3,(H,24,26)/b13-10+,22-16?. The van der Waals surface area contributed by atoms with Gasteiger partial charge in [-0.25, -0.2) is 4.98 Å². The molecule has 8 heteroatoms. The van der Waals surface area contributed by atoms with Gasteiger partial charge in [-0.15, -0.1) is 0 Å². The highest BCUT2D eigenvalue weighted by Crippen LogP contribution is 2.30. The summed E-state index contributed by atoms with van der Waals surface area (Å²) in [5, 5.41) is 10.4. The van der Waals surface area contributed by atoms with Gasteiger partial charge in [0.2, 0.25) is 0 Å². The van der Waals surface area contributed by atoms with Crippen LogP contribution in [-0.2, 0) is 17.5 Å². The number of alkyl halides is 3. The van der Waals surface area contributed by atoms with Gasteiger partial charge in [-0.05, 0) is 42.7 Å². The minimum absolute atomic E-state index is 0.303. The van der Waals surface area contributed by atoms with Crippen LogP contribution in [0.3, 0.4) is 0 Å². The number of aryl methyl sites for hydroxylation is 1. The fraction of sp³-hybridized carbons (Fsp3) is 0.278. The molecule has 0 fully saturated rings. The predicted octanol–water partition coefficient (Wildman–Crippen LogP) is 3.53. The zero-order valence-corrected chi connectivity index (χ0v) is 14.2. The van der Waals surface area contributed by atoms with E-state index >= 15 is 0 Å². The summed E-state index contributed by atoms with van der Waals surface area (Å²) in [6, 6.07) is 4.80. The Labute approximate surface area is 149 Å². The van der Waals surface area contributed by atoms with Crippen LogP contribution in [0.2, 0.25) is 0 Å². The minimum Gasteiger partial charge on any atom is -0.351 e. The molecule has 0 bridgehead atoms. The zero-order chi connectivity index (χ0) is 19.2. The van der Waals surface area contributed by atoms with Crippen LogP contribution in [0.15, 0.2) is 49.1 Å². The van der Waals surface area contributed by atoms with Crippen molar-refractivity contribution in [2.75, 3.05) is 6.54 Å². The number of imidazole rings is 1. The molecule has 0 aliphatic rings. The summed E-state index contributed by atoms with van der Waals surface area (Å²) < 4.78 is 40.2. The lowest BCUT2D eigenvalue weighted by molar-refractivity contribution is -0.137. The number of nitrogens with zero attached hydrogens (tertiary/aromatic N) is 2. The van der Waals surface area contributed by atoms with Crippen LogP contribution in [-0.4, -0.2) is 27.7 Å².